The Morgan fingerprint density at radius 2 is 1.88 bits per heavy atom. The summed E-state index contributed by atoms with van der Waals surface area (Å²) in [5.41, 5.74) is 1.91. The zero-order valence-electron chi connectivity index (χ0n) is 13.7. The van der Waals surface area contributed by atoms with E-state index in [-0.39, 0.29) is 11.8 Å². The maximum Gasteiger partial charge on any atom is 0.228 e. The minimum absolute atomic E-state index is 0.0925. The summed E-state index contributed by atoms with van der Waals surface area (Å²) >= 11 is 6.00. The van der Waals surface area contributed by atoms with Crippen molar-refractivity contribution < 1.29 is 4.79 Å². The van der Waals surface area contributed by atoms with E-state index in [9.17, 15) is 4.79 Å². The van der Waals surface area contributed by atoms with Crippen molar-refractivity contribution in [1.29, 1.82) is 0 Å². The van der Waals surface area contributed by atoms with Gasteiger partial charge in [-0.2, -0.15) is 0 Å². The minimum atomic E-state index is -0.237. The van der Waals surface area contributed by atoms with Crippen LogP contribution in [0.5, 0.6) is 0 Å². The Balaban J connectivity index is 1.77. The molecule has 0 spiro atoms. The highest BCUT2D eigenvalue weighted by molar-refractivity contribution is 6.30. The molecule has 1 aliphatic rings. The van der Waals surface area contributed by atoms with E-state index in [4.69, 9.17) is 11.6 Å². The zero-order valence-corrected chi connectivity index (χ0v) is 14.5. The fourth-order valence-corrected chi connectivity index (χ4v) is 3.46. The first-order valence-electron chi connectivity index (χ1n) is 8.68. The average Bonchev–Trinajstić information content (AvgIpc) is 2.62. The number of halogens is 1. The first-order valence-corrected chi connectivity index (χ1v) is 9.06. The second-order valence-corrected chi connectivity index (χ2v) is 6.91. The molecule has 4 heteroatoms. The maximum atomic E-state index is 12.9. The lowest BCUT2D eigenvalue weighted by Gasteiger charge is -2.26. The topological polar surface area (TPSA) is 42.0 Å². The molecule has 1 amide bonds. The molecular weight excluding hydrogens is 320 g/mol. The Hall–Kier alpha value is -1.87. The third-order valence-electron chi connectivity index (χ3n) is 4.68. The zero-order chi connectivity index (χ0) is 16.8. The SMILES string of the molecule is O=C(NC1CCCCC1)C(Cc1ccccn1)c1ccc(Cl)cc1. The minimum Gasteiger partial charge on any atom is -0.353 e. The Labute approximate surface area is 148 Å². The molecule has 1 unspecified atom stereocenters. The smallest absolute Gasteiger partial charge is 0.228 e. The number of rotatable bonds is 5. The molecule has 1 saturated carbocycles. The average molecular weight is 343 g/mol. The monoisotopic (exact) mass is 342 g/mol. The first-order chi connectivity index (χ1) is 11.7. The molecule has 1 aromatic carbocycles. The largest absolute Gasteiger partial charge is 0.353 e. The Morgan fingerprint density at radius 1 is 1.12 bits per heavy atom. The second kappa shape index (κ2) is 8.29. The van der Waals surface area contributed by atoms with Gasteiger partial charge in [-0.3, -0.25) is 9.78 Å². The van der Waals surface area contributed by atoms with Gasteiger partial charge in [-0.1, -0.05) is 49.1 Å². The highest BCUT2D eigenvalue weighted by Crippen LogP contribution is 2.24. The highest BCUT2D eigenvalue weighted by atomic mass is 35.5. The summed E-state index contributed by atoms with van der Waals surface area (Å²) < 4.78 is 0. The van der Waals surface area contributed by atoms with Crippen LogP contribution in [0.3, 0.4) is 0 Å². The van der Waals surface area contributed by atoms with Gasteiger partial charge in [0.25, 0.3) is 0 Å². The Morgan fingerprint density at radius 3 is 2.54 bits per heavy atom. The number of nitrogens with one attached hydrogen (secondary N) is 1. The molecule has 24 heavy (non-hydrogen) atoms. The fourth-order valence-electron chi connectivity index (χ4n) is 3.33. The second-order valence-electron chi connectivity index (χ2n) is 6.47. The maximum absolute atomic E-state index is 12.9. The number of carbonyl (C=O) groups excluding carboxylic acids is 1. The molecule has 1 fully saturated rings. The van der Waals surface area contributed by atoms with Gasteiger partial charge in [0.2, 0.25) is 5.91 Å². The van der Waals surface area contributed by atoms with Crippen LogP contribution in [0.1, 0.15) is 49.3 Å². The van der Waals surface area contributed by atoms with Crippen LogP contribution in [0.25, 0.3) is 0 Å². The molecule has 0 aliphatic heterocycles. The summed E-state index contributed by atoms with van der Waals surface area (Å²) in [5.74, 6) is -0.144. The van der Waals surface area contributed by atoms with Crippen molar-refractivity contribution in [3.63, 3.8) is 0 Å². The molecule has 1 atom stereocenters. The van der Waals surface area contributed by atoms with E-state index in [1.807, 2.05) is 42.5 Å². The first kappa shape index (κ1) is 17.0. The molecule has 0 bridgehead atoms. The third kappa shape index (κ3) is 4.57. The van der Waals surface area contributed by atoms with E-state index in [2.05, 4.69) is 10.3 Å². The number of amides is 1. The van der Waals surface area contributed by atoms with Crippen LogP contribution < -0.4 is 5.32 Å². The number of benzene rings is 1. The van der Waals surface area contributed by atoms with Gasteiger partial charge >= 0.3 is 0 Å². The van der Waals surface area contributed by atoms with Crippen molar-refractivity contribution in [3.8, 4) is 0 Å². The van der Waals surface area contributed by atoms with Gasteiger partial charge in [0.05, 0.1) is 5.92 Å². The van der Waals surface area contributed by atoms with Gasteiger partial charge in [0.15, 0.2) is 0 Å². The van der Waals surface area contributed by atoms with Crippen LogP contribution in [0.4, 0.5) is 0 Å². The van der Waals surface area contributed by atoms with Crippen LogP contribution in [0, 0.1) is 0 Å². The summed E-state index contributed by atoms with van der Waals surface area (Å²) in [5, 5.41) is 3.94. The summed E-state index contributed by atoms with van der Waals surface area (Å²) in [6.07, 6.45) is 8.23. The van der Waals surface area contributed by atoms with Crippen LogP contribution in [-0.2, 0) is 11.2 Å². The molecule has 3 rings (SSSR count). The van der Waals surface area contributed by atoms with E-state index in [0.29, 0.717) is 17.5 Å². The van der Waals surface area contributed by atoms with Gasteiger partial charge < -0.3 is 5.32 Å². The van der Waals surface area contributed by atoms with Crippen molar-refractivity contribution >= 4 is 17.5 Å². The van der Waals surface area contributed by atoms with Gasteiger partial charge in [0, 0.05) is 29.4 Å². The lowest BCUT2D eigenvalue weighted by atomic mass is 9.91. The van der Waals surface area contributed by atoms with Crippen molar-refractivity contribution in [2.75, 3.05) is 0 Å². The number of hydrogen-bond donors (Lipinski definition) is 1. The van der Waals surface area contributed by atoms with E-state index >= 15 is 0 Å². The van der Waals surface area contributed by atoms with Crippen LogP contribution in [-0.4, -0.2) is 16.9 Å². The molecule has 1 heterocycles. The van der Waals surface area contributed by atoms with Gasteiger partial charge in [0.1, 0.15) is 0 Å². The van der Waals surface area contributed by atoms with E-state index < -0.39 is 0 Å². The van der Waals surface area contributed by atoms with Crippen molar-refractivity contribution in [2.24, 2.45) is 0 Å². The number of hydrogen-bond acceptors (Lipinski definition) is 2. The fraction of sp³-hybridized carbons (Fsp3) is 0.400. The highest BCUT2D eigenvalue weighted by Gasteiger charge is 2.25. The molecule has 2 aromatic rings. The van der Waals surface area contributed by atoms with Crippen molar-refractivity contribution in [2.45, 2.75) is 50.5 Å². The Bertz CT molecular complexity index is 651. The molecular formula is C20H23ClN2O. The number of pyridine rings is 1. The molecule has 0 saturated heterocycles. The molecule has 1 aliphatic carbocycles. The summed E-state index contributed by atoms with van der Waals surface area (Å²) in [6.45, 7) is 0. The number of aromatic nitrogens is 1. The van der Waals surface area contributed by atoms with Crippen molar-refractivity contribution in [3.05, 3.63) is 64.9 Å². The van der Waals surface area contributed by atoms with E-state index in [1.165, 1.54) is 19.3 Å². The summed E-state index contributed by atoms with van der Waals surface area (Å²) in [4.78, 5) is 17.3. The predicted molar refractivity (Wildman–Crippen MR) is 97.1 cm³/mol. The van der Waals surface area contributed by atoms with Crippen LogP contribution in [0.15, 0.2) is 48.7 Å². The van der Waals surface area contributed by atoms with Crippen LogP contribution >= 0.6 is 11.6 Å². The number of nitrogens with zero attached hydrogens (tertiary/aromatic N) is 1. The molecule has 3 nitrogen and oxygen atoms in total. The normalized spacial score (nSPS) is 16.5. The lowest BCUT2D eigenvalue weighted by Crippen LogP contribution is -2.39. The molecule has 1 aromatic heterocycles. The van der Waals surface area contributed by atoms with Crippen molar-refractivity contribution in [1.82, 2.24) is 10.3 Å². The quantitative estimate of drug-likeness (QED) is 0.868. The molecule has 1 N–H and O–H groups in total. The van der Waals surface area contributed by atoms with Gasteiger partial charge in [-0.15, -0.1) is 0 Å². The predicted octanol–water partition coefficient (Wildman–Crippen LogP) is 4.51. The Kier molecular flexibility index (Phi) is 5.86. The van der Waals surface area contributed by atoms with E-state index in [0.717, 1.165) is 24.1 Å². The summed E-state index contributed by atoms with van der Waals surface area (Å²) in [7, 11) is 0. The molecule has 0 radical (unpaired) electrons. The van der Waals surface area contributed by atoms with E-state index in [1.54, 1.807) is 6.20 Å². The number of carbonyl (C=O) groups is 1. The van der Waals surface area contributed by atoms with Crippen LogP contribution in [0.2, 0.25) is 5.02 Å². The molecule has 126 valence electrons. The lowest BCUT2D eigenvalue weighted by molar-refractivity contribution is -0.123. The standard InChI is InChI=1S/C20H23ClN2O/c21-16-11-9-15(10-12-16)19(14-18-8-4-5-13-22-18)20(24)23-17-6-2-1-3-7-17/h4-5,8-13,17,19H,1-3,6-7,14H2,(H,23,24). The summed E-state index contributed by atoms with van der Waals surface area (Å²) in [6, 6.07) is 13.7. The van der Waals surface area contributed by atoms with Gasteiger partial charge in [-0.05, 0) is 42.7 Å². The third-order valence-corrected chi connectivity index (χ3v) is 4.93. The van der Waals surface area contributed by atoms with Gasteiger partial charge in [-0.25, -0.2) is 0 Å².